The molecule has 2 heteroatoms. The van der Waals surface area contributed by atoms with Crippen molar-refractivity contribution in [1.29, 1.82) is 0 Å². The third-order valence-corrected chi connectivity index (χ3v) is 10.4. The summed E-state index contributed by atoms with van der Waals surface area (Å²) in [5.41, 5.74) is 12.0. The maximum absolute atomic E-state index is 6.22. The van der Waals surface area contributed by atoms with Gasteiger partial charge in [0, 0.05) is 52.5 Å². The number of hydrogen-bond acceptors (Lipinski definition) is 2. The number of pyridine rings is 1. The first-order chi connectivity index (χ1) is 25.5. The van der Waals surface area contributed by atoms with Gasteiger partial charge in [-0.15, -0.1) is 6.42 Å². The van der Waals surface area contributed by atoms with Gasteiger partial charge in [0.15, 0.2) is 0 Å². The van der Waals surface area contributed by atoms with Crippen LogP contribution in [0.15, 0.2) is 152 Å². The number of aromatic nitrogens is 1. The number of allylic oxidation sites excluding steroid dienone is 1. The van der Waals surface area contributed by atoms with Gasteiger partial charge in [-0.05, 0) is 98.2 Å². The van der Waals surface area contributed by atoms with Gasteiger partial charge >= 0.3 is 0 Å². The van der Waals surface area contributed by atoms with E-state index in [0.29, 0.717) is 0 Å². The smallest absolute Gasteiger partial charge is 0.0794 e. The summed E-state index contributed by atoms with van der Waals surface area (Å²) in [5.74, 6) is 3.01. The number of terminal acetylenes is 1. The normalized spacial score (nSPS) is 11.7. The van der Waals surface area contributed by atoms with Crippen LogP contribution in [0.4, 0.5) is 5.69 Å². The van der Waals surface area contributed by atoms with Crippen LogP contribution >= 0.6 is 0 Å². The van der Waals surface area contributed by atoms with Gasteiger partial charge in [0.05, 0.1) is 11.0 Å². The highest BCUT2D eigenvalue weighted by Crippen LogP contribution is 2.44. The molecule has 2 nitrogen and oxygen atoms in total. The second-order valence-corrected chi connectivity index (χ2v) is 13.7. The molecular weight excluding hydrogens is 629 g/mol. The Balaban J connectivity index is 1.43. The third kappa shape index (κ3) is 5.10. The van der Waals surface area contributed by atoms with Gasteiger partial charge in [-0.25, -0.2) is 4.98 Å². The maximum Gasteiger partial charge on any atom is 0.0794 e. The van der Waals surface area contributed by atoms with Crippen LogP contribution in [0.5, 0.6) is 0 Å². The van der Waals surface area contributed by atoms with E-state index in [9.17, 15) is 0 Å². The summed E-state index contributed by atoms with van der Waals surface area (Å²) >= 11 is 0. The summed E-state index contributed by atoms with van der Waals surface area (Å²) in [6.07, 6.45) is 10.4. The van der Waals surface area contributed by atoms with Crippen molar-refractivity contribution in [3.8, 4) is 45.7 Å². The Morgan fingerprint density at radius 3 is 1.69 bits per heavy atom. The molecule has 1 aromatic heterocycles. The van der Waals surface area contributed by atoms with E-state index < -0.39 is 0 Å². The zero-order valence-electron chi connectivity index (χ0n) is 29.5. The minimum atomic E-state index is 0.881. The number of benzene rings is 8. The molecule has 0 N–H and O–H groups in total. The fourth-order valence-electron chi connectivity index (χ4n) is 7.87. The summed E-state index contributed by atoms with van der Waals surface area (Å²) in [7, 11) is 4.15. The highest BCUT2D eigenvalue weighted by Gasteiger charge is 2.19. The van der Waals surface area contributed by atoms with Crippen LogP contribution in [-0.2, 0) is 0 Å². The second kappa shape index (κ2) is 12.6. The average Bonchev–Trinajstić information content (AvgIpc) is 3.19. The van der Waals surface area contributed by atoms with Crippen LogP contribution in [0.25, 0.3) is 93.6 Å². The molecule has 8 aromatic carbocycles. The quantitative estimate of drug-likeness (QED) is 0.103. The summed E-state index contributed by atoms with van der Waals surface area (Å²) in [4.78, 5) is 7.60. The van der Waals surface area contributed by atoms with Crippen molar-refractivity contribution in [1.82, 2.24) is 4.98 Å². The van der Waals surface area contributed by atoms with Gasteiger partial charge in [0.2, 0.25) is 0 Å². The number of hydrogen-bond donors (Lipinski definition) is 0. The first-order valence-electron chi connectivity index (χ1n) is 17.7. The maximum atomic E-state index is 6.22. The molecule has 0 saturated heterocycles. The SMILES string of the molecule is C#Cc1cc(-c2cc(-c3ccc(N(C)C)cc3)cc(-c3c4ccc5ccccc5c4nc4c3ccc3ccccc34)c2)c2ccccc2c1/C=C\C. The van der Waals surface area contributed by atoms with E-state index in [0.717, 1.165) is 82.6 Å². The number of anilines is 1. The van der Waals surface area contributed by atoms with Crippen molar-refractivity contribution in [2.45, 2.75) is 6.92 Å². The number of rotatable bonds is 5. The summed E-state index contributed by atoms with van der Waals surface area (Å²) < 4.78 is 0. The molecule has 0 radical (unpaired) electrons. The third-order valence-electron chi connectivity index (χ3n) is 10.4. The zero-order valence-corrected chi connectivity index (χ0v) is 29.5. The van der Waals surface area contributed by atoms with Crippen molar-refractivity contribution < 1.29 is 0 Å². The molecule has 9 rings (SSSR count). The van der Waals surface area contributed by atoms with Crippen LogP contribution < -0.4 is 4.90 Å². The van der Waals surface area contributed by atoms with E-state index in [1.165, 1.54) is 21.7 Å². The van der Waals surface area contributed by atoms with Crippen molar-refractivity contribution >= 4 is 65.9 Å². The van der Waals surface area contributed by atoms with Crippen molar-refractivity contribution in [2.24, 2.45) is 0 Å². The predicted octanol–water partition coefficient (Wildman–Crippen LogP) is 12.9. The molecule has 1 heterocycles. The highest BCUT2D eigenvalue weighted by atomic mass is 15.1. The van der Waals surface area contributed by atoms with Crippen LogP contribution in [0.1, 0.15) is 18.1 Å². The standard InChI is InChI=1S/C50H36N2/c1-5-13-40-32(6-2)31-47(44-19-12-11-18-43(40)44)37-28-36(33-20-24-39(25-21-33)52(3)4)29-38(30-37)48-45-26-22-34-14-7-9-16-41(34)49(45)51-50-42-17-10-8-15-35(42)23-27-46(48)50/h2,5,7-31H,1,3-4H3/b13-5-. The minimum absolute atomic E-state index is 0.881. The summed E-state index contributed by atoms with van der Waals surface area (Å²) in [5, 5.41) is 9.23. The van der Waals surface area contributed by atoms with Gasteiger partial charge in [-0.2, -0.15) is 0 Å². The first kappa shape index (κ1) is 31.3. The number of fused-ring (bicyclic) bond motifs is 7. The molecule has 0 aliphatic heterocycles. The largest absolute Gasteiger partial charge is 0.378 e. The monoisotopic (exact) mass is 664 g/mol. The predicted molar refractivity (Wildman–Crippen MR) is 225 cm³/mol. The van der Waals surface area contributed by atoms with Crippen molar-refractivity contribution in [3.05, 3.63) is 163 Å². The Hall–Kier alpha value is -6.69. The van der Waals surface area contributed by atoms with Crippen molar-refractivity contribution in [3.63, 3.8) is 0 Å². The lowest BCUT2D eigenvalue weighted by Crippen LogP contribution is -2.07. The van der Waals surface area contributed by atoms with Crippen LogP contribution in [0.3, 0.4) is 0 Å². The summed E-state index contributed by atoms with van der Waals surface area (Å²) in [6, 6.07) is 52.8. The van der Waals surface area contributed by atoms with Gasteiger partial charge in [0.1, 0.15) is 0 Å². The van der Waals surface area contributed by atoms with E-state index in [4.69, 9.17) is 11.4 Å². The Labute approximate surface area is 304 Å². The van der Waals surface area contributed by atoms with Crippen molar-refractivity contribution in [2.75, 3.05) is 19.0 Å². The zero-order chi connectivity index (χ0) is 35.3. The molecular formula is C50H36N2. The lowest BCUT2D eigenvalue weighted by Gasteiger charge is -2.19. The topological polar surface area (TPSA) is 16.1 Å². The molecule has 0 amide bonds. The Kier molecular flexibility index (Phi) is 7.57. The fourth-order valence-corrected chi connectivity index (χ4v) is 7.87. The Morgan fingerprint density at radius 2 is 1.10 bits per heavy atom. The van der Waals surface area contributed by atoms with E-state index in [1.54, 1.807) is 0 Å². The fraction of sp³-hybridized carbons (Fsp3) is 0.0600. The van der Waals surface area contributed by atoms with E-state index in [2.05, 4.69) is 183 Å². The molecule has 52 heavy (non-hydrogen) atoms. The average molecular weight is 665 g/mol. The Bertz CT molecular complexity index is 2850. The molecule has 0 unspecified atom stereocenters. The van der Waals surface area contributed by atoms with Gasteiger partial charge in [0.25, 0.3) is 0 Å². The molecule has 0 spiro atoms. The molecule has 0 aliphatic carbocycles. The van der Waals surface area contributed by atoms with Gasteiger partial charge in [-0.3, -0.25) is 0 Å². The molecule has 0 saturated carbocycles. The molecule has 0 fully saturated rings. The lowest BCUT2D eigenvalue weighted by molar-refractivity contribution is 1.13. The van der Waals surface area contributed by atoms with E-state index >= 15 is 0 Å². The molecule has 9 aromatic rings. The van der Waals surface area contributed by atoms with E-state index in [-0.39, 0.29) is 0 Å². The van der Waals surface area contributed by atoms with E-state index in [1.807, 2.05) is 6.92 Å². The van der Waals surface area contributed by atoms with Gasteiger partial charge < -0.3 is 4.90 Å². The van der Waals surface area contributed by atoms with Gasteiger partial charge in [-0.1, -0.05) is 127 Å². The first-order valence-corrected chi connectivity index (χ1v) is 17.7. The minimum Gasteiger partial charge on any atom is -0.378 e. The lowest BCUT2D eigenvalue weighted by atomic mass is 9.86. The van der Waals surface area contributed by atoms with Crippen LogP contribution in [-0.4, -0.2) is 19.1 Å². The molecule has 0 atom stereocenters. The number of nitrogens with zero attached hydrogens (tertiary/aromatic N) is 2. The van der Waals surface area contributed by atoms with Crippen LogP contribution in [0, 0.1) is 12.3 Å². The molecule has 0 bridgehead atoms. The van der Waals surface area contributed by atoms with Crippen LogP contribution in [0.2, 0.25) is 0 Å². The molecule has 246 valence electrons. The highest BCUT2D eigenvalue weighted by molar-refractivity contribution is 6.21. The second-order valence-electron chi connectivity index (χ2n) is 13.7. The summed E-state index contributed by atoms with van der Waals surface area (Å²) in [6.45, 7) is 2.04. The Morgan fingerprint density at radius 1 is 0.538 bits per heavy atom. The molecule has 0 aliphatic rings.